The number of esters is 1. The number of ketones is 1. The van der Waals surface area contributed by atoms with E-state index in [0.717, 1.165) is 19.3 Å². The number of amides is 1. The van der Waals surface area contributed by atoms with E-state index in [0.29, 0.717) is 35.6 Å². The highest BCUT2D eigenvalue weighted by molar-refractivity contribution is 6.06. The molecule has 1 N–H and O–H groups in total. The van der Waals surface area contributed by atoms with Crippen LogP contribution >= 0.6 is 0 Å². The van der Waals surface area contributed by atoms with Crippen molar-refractivity contribution in [1.82, 2.24) is 0 Å². The summed E-state index contributed by atoms with van der Waals surface area (Å²) in [5.74, 6) is -0.149. The maximum atomic E-state index is 14.0. The highest BCUT2D eigenvalue weighted by atomic mass is 16.5. The lowest BCUT2D eigenvalue weighted by Crippen LogP contribution is -2.59. The molecule has 0 aliphatic heterocycles. The van der Waals surface area contributed by atoms with Crippen molar-refractivity contribution in [1.29, 1.82) is 0 Å². The maximum absolute atomic E-state index is 14.0. The van der Waals surface area contributed by atoms with Gasteiger partial charge in [-0.25, -0.2) is 4.79 Å². The summed E-state index contributed by atoms with van der Waals surface area (Å²) in [7, 11) is 0. The molecule has 3 unspecified atom stereocenters. The topological polar surface area (TPSA) is 83.9 Å². The molecule has 3 aromatic rings. The summed E-state index contributed by atoms with van der Waals surface area (Å²) < 4.78 is 6.04. The van der Waals surface area contributed by atoms with Crippen LogP contribution < -0.4 is 4.90 Å². The zero-order chi connectivity index (χ0) is 27.0. The molecule has 1 amide bonds. The van der Waals surface area contributed by atoms with Crippen LogP contribution in [0.3, 0.4) is 0 Å². The highest BCUT2D eigenvalue weighted by Gasteiger charge is 2.60. The lowest BCUT2D eigenvalue weighted by molar-refractivity contribution is -0.168. The minimum absolute atomic E-state index is 0.106. The molecular formula is C33H33NO5. The van der Waals surface area contributed by atoms with Gasteiger partial charge in [-0.15, -0.1) is 0 Å². The lowest BCUT2D eigenvalue weighted by Gasteiger charge is -2.59. The Morgan fingerprint density at radius 3 is 1.92 bits per heavy atom. The Morgan fingerprint density at radius 1 is 0.795 bits per heavy atom. The fourth-order valence-electron chi connectivity index (χ4n) is 7.50. The average molecular weight is 524 g/mol. The first-order chi connectivity index (χ1) is 18.9. The second-order valence-corrected chi connectivity index (χ2v) is 11.5. The minimum atomic E-state index is -1.31. The Kier molecular flexibility index (Phi) is 6.81. The Balaban J connectivity index is 1.20. The van der Waals surface area contributed by atoms with E-state index >= 15 is 0 Å². The van der Waals surface area contributed by atoms with Gasteiger partial charge in [0.2, 0.25) is 0 Å². The number of ether oxygens (including phenoxy) is 1. The first kappa shape index (κ1) is 25.5. The van der Waals surface area contributed by atoms with Crippen LogP contribution in [0.2, 0.25) is 0 Å². The smallest absolute Gasteiger partial charge is 0.338 e. The summed E-state index contributed by atoms with van der Waals surface area (Å²) in [6.45, 7) is -0.106. The van der Waals surface area contributed by atoms with Gasteiger partial charge in [0, 0.05) is 16.7 Å². The number of benzene rings is 3. The molecule has 0 heterocycles. The normalized spacial score (nSPS) is 27.5. The van der Waals surface area contributed by atoms with Gasteiger partial charge in [0.05, 0.1) is 12.1 Å². The van der Waals surface area contributed by atoms with E-state index in [1.54, 1.807) is 36.4 Å². The second-order valence-electron chi connectivity index (χ2n) is 11.5. The summed E-state index contributed by atoms with van der Waals surface area (Å²) in [6.07, 6.45) is 2.36. The molecule has 3 aromatic carbocycles. The number of para-hydroxylation sites is 1. The predicted molar refractivity (Wildman–Crippen MR) is 147 cm³/mol. The number of hydrogen-bond donors (Lipinski definition) is 1. The number of Topliss-reactive ketones (excluding diaryl/α,β-unsaturated/α-hetero) is 1. The molecule has 6 heteroatoms. The van der Waals surface area contributed by atoms with E-state index in [1.807, 2.05) is 54.6 Å². The molecule has 4 fully saturated rings. The van der Waals surface area contributed by atoms with Crippen LogP contribution in [-0.2, 0) is 9.53 Å². The molecule has 6 nitrogen and oxygen atoms in total. The first-order valence-corrected chi connectivity index (χ1v) is 13.8. The summed E-state index contributed by atoms with van der Waals surface area (Å²) >= 11 is 0. The van der Waals surface area contributed by atoms with Crippen LogP contribution in [0.5, 0.6) is 0 Å². The van der Waals surface area contributed by atoms with Gasteiger partial charge in [0.1, 0.15) is 12.2 Å². The van der Waals surface area contributed by atoms with E-state index in [-0.39, 0.29) is 42.1 Å². The molecule has 200 valence electrons. The molecule has 0 radical (unpaired) electrons. The predicted octanol–water partition coefficient (Wildman–Crippen LogP) is 5.32. The highest BCUT2D eigenvalue weighted by Crippen LogP contribution is 2.61. The molecule has 0 saturated heterocycles. The Hall–Kier alpha value is -3.77. The molecule has 0 aromatic heterocycles. The zero-order valence-corrected chi connectivity index (χ0v) is 21.8. The molecule has 0 spiro atoms. The van der Waals surface area contributed by atoms with E-state index in [1.165, 1.54) is 4.90 Å². The Bertz CT molecular complexity index is 1330. The number of carbonyl (C=O) groups excluding carboxylic acids is 3. The van der Waals surface area contributed by atoms with Crippen molar-refractivity contribution >= 4 is 23.3 Å². The molecule has 3 atom stereocenters. The molecule has 39 heavy (non-hydrogen) atoms. The van der Waals surface area contributed by atoms with Gasteiger partial charge in [0.15, 0.2) is 5.78 Å². The molecule has 4 saturated carbocycles. The van der Waals surface area contributed by atoms with Gasteiger partial charge in [-0.1, -0.05) is 54.6 Å². The van der Waals surface area contributed by atoms with Crippen LogP contribution in [0, 0.1) is 23.2 Å². The third-order valence-electron chi connectivity index (χ3n) is 8.95. The van der Waals surface area contributed by atoms with Crippen molar-refractivity contribution in [3.05, 3.63) is 102 Å². The van der Waals surface area contributed by atoms with Crippen molar-refractivity contribution in [2.45, 2.75) is 44.3 Å². The number of nitrogens with zero attached hydrogens (tertiary/aromatic N) is 1. The summed E-state index contributed by atoms with van der Waals surface area (Å²) in [5.41, 5.74) is 1.04. The largest absolute Gasteiger partial charge is 0.458 e. The molecule has 4 bridgehead atoms. The van der Waals surface area contributed by atoms with Crippen molar-refractivity contribution in [3.63, 3.8) is 0 Å². The van der Waals surface area contributed by atoms with Crippen LogP contribution in [0.15, 0.2) is 91.0 Å². The van der Waals surface area contributed by atoms with Crippen molar-refractivity contribution in [2.24, 2.45) is 23.2 Å². The second kappa shape index (κ2) is 10.4. The van der Waals surface area contributed by atoms with Crippen LogP contribution in [0.1, 0.15) is 52.8 Å². The third kappa shape index (κ3) is 4.89. The Morgan fingerprint density at radius 2 is 1.33 bits per heavy atom. The summed E-state index contributed by atoms with van der Waals surface area (Å²) in [5, 5.41) is 11.3. The monoisotopic (exact) mass is 523 g/mol. The number of aliphatic hydroxyl groups excluding tert-OH is 1. The van der Waals surface area contributed by atoms with Crippen molar-refractivity contribution in [2.75, 3.05) is 11.4 Å². The van der Waals surface area contributed by atoms with Gasteiger partial charge in [-0.05, 0) is 86.3 Å². The van der Waals surface area contributed by atoms with Gasteiger partial charge in [0.25, 0.3) is 5.91 Å². The fourth-order valence-corrected chi connectivity index (χ4v) is 7.50. The van der Waals surface area contributed by atoms with E-state index < -0.39 is 11.5 Å². The minimum Gasteiger partial charge on any atom is -0.458 e. The van der Waals surface area contributed by atoms with Gasteiger partial charge in [-0.3, -0.25) is 9.59 Å². The van der Waals surface area contributed by atoms with Gasteiger partial charge < -0.3 is 14.7 Å². The quantitative estimate of drug-likeness (QED) is 0.404. The van der Waals surface area contributed by atoms with Gasteiger partial charge in [-0.2, -0.15) is 0 Å². The molecule has 4 aliphatic rings. The SMILES string of the molecule is O=C(OC1C2CC3CC1CC(C(=O)C(O)CN(C(=O)c1ccccc1)c1ccccc1)(C3)C2)c1ccccc1. The lowest BCUT2D eigenvalue weighted by atomic mass is 9.47. The average Bonchev–Trinajstić information content (AvgIpc) is 2.97. The van der Waals surface area contributed by atoms with E-state index in [4.69, 9.17) is 4.74 Å². The summed E-state index contributed by atoms with van der Waals surface area (Å²) in [4.78, 5) is 41.8. The van der Waals surface area contributed by atoms with E-state index in [2.05, 4.69) is 0 Å². The third-order valence-corrected chi connectivity index (χ3v) is 8.95. The number of carbonyl (C=O) groups is 3. The first-order valence-electron chi connectivity index (χ1n) is 13.8. The number of hydrogen-bond acceptors (Lipinski definition) is 5. The molecule has 4 aliphatic carbocycles. The number of aliphatic hydroxyl groups is 1. The van der Waals surface area contributed by atoms with Crippen molar-refractivity contribution < 1.29 is 24.2 Å². The Labute approximate surface area is 228 Å². The standard InChI is InChI=1S/C33H33NO5/c35-28(21-34(27-14-8-3-9-15-27)31(37)23-10-4-1-5-11-23)30(36)33-18-22-16-25(19-33)29(26(17-22)20-33)39-32(38)24-12-6-2-7-13-24/h1-15,22,25-26,28-29,35H,16-21H2. The molecule has 7 rings (SSSR count). The van der Waals surface area contributed by atoms with Crippen LogP contribution in [0.4, 0.5) is 5.69 Å². The number of rotatable bonds is 8. The van der Waals surface area contributed by atoms with Crippen LogP contribution in [-0.4, -0.2) is 41.5 Å². The fraction of sp³-hybridized carbons (Fsp3) is 0.364. The van der Waals surface area contributed by atoms with Crippen molar-refractivity contribution in [3.8, 4) is 0 Å². The van der Waals surface area contributed by atoms with Crippen LogP contribution in [0.25, 0.3) is 0 Å². The zero-order valence-electron chi connectivity index (χ0n) is 21.8. The van der Waals surface area contributed by atoms with Gasteiger partial charge >= 0.3 is 5.97 Å². The van der Waals surface area contributed by atoms with E-state index in [9.17, 15) is 19.5 Å². The number of anilines is 1. The molecular weight excluding hydrogens is 490 g/mol. The summed E-state index contributed by atoms with van der Waals surface area (Å²) in [6, 6.07) is 27.1. The maximum Gasteiger partial charge on any atom is 0.338 e.